The monoisotopic (exact) mass is 574 g/mol. The van der Waals surface area contributed by atoms with Crippen LogP contribution in [0.25, 0.3) is 17.1 Å². The van der Waals surface area contributed by atoms with Crippen LogP contribution < -0.4 is 18.9 Å². The van der Waals surface area contributed by atoms with Gasteiger partial charge in [-0.1, -0.05) is 19.9 Å². The van der Waals surface area contributed by atoms with Crippen LogP contribution in [-0.4, -0.2) is 55.0 Å². The maximum absolute atomic E-state index is 14.4. The number of aromatic nitrogens is 2. The van der Waals surface area contributed by atoms with Gasteiger partial charge in [0, 0.05) is 18.6 Å². The molecule has 0 saturated carbocycles. The molecule has 3 aromatic rings. The van der Waals surface area contributed by atoms with Crippen molar-refractivity contribution < 1.29 is 28.5 Å². The average Bonchev–Trinajstić information content (AvgIpc) is 3.40. The van der Waals surface area contributed by atoms with Gasteiger partial charge in [-0.15, -0.1) is 0 Å². The van der Waals surface area contributed by atoms with Crippen molar-refractivity contribution in [2.75, 3.05) is 33.5 Å². The summed E-state index contributed by atoms with van der Waals surface area (Å²) in [6.07, 6.45) is 4.87. The number of Topliss-reactive ketones (excluding diaryl/α,β-unsaturated/α-hetero) is 1. The molecule has 224 valence electrons. The Hall–Kier alpha value is -3.52. The van der Waals surface area contributed by atoms with E-state index in [2.05, 4.69) is 24.5 Å². The highest BCUT2D eigenvalue weighted by atomic mass is 16.6. The SMILES string of the molecule is COc1cc2c(cc1OC(C)C)-n1c(-c3cccc4c3OCCO4)nc(C(=O)C3CCCOCC(C)(C)CC3)c1CC2. The van der Waals surface area contributed by atoms with E-state index in [-0.39, 0.29) is 23.2 Å². The molecule has 0 radical (unpaired) electrons. The van der Waals surface area contributed by atoms with Gasteiger partial charge >= 0.3 is 0 Å². The molecule has 3 aliphatic rings. The Morgan fingerprint density at radius 1 is 1.07 bits per heavy atom. The fourth-order valence-corrected chi connectivity index (χ4v) is 6.35. The number of para-hydroxylation sites is 1. The largest absolute Gasteiger partial charge is 0.493 e. The first-order valence-electron chi connectivity index (χ1n) is 15.3. The average molecular weight is 575 g/mol. The Morgan fingerprint density at radius 3 is 2.71 bits per heavy atom. The topological polar surface area (TPSA) is 81.0 Å². The normalized spacial score (nSPS) is 19.6. The molecule has 3 aliphatic heterocycles. The quantitative estimate of drug-likeness (QED) is 0.306. The second-order valence-corrected chi connectivity index (χ2v) is 12.7. The molecule has 2 aromatic carbocycles. The molecule has 0 aliphatic carbocycles. The van der Waals surface area contributed by atoms with Crippen LogP contribution in [0, 0.1) is 11.3 Å². The molecule has 0 amide bonds. The second kappa shape index (κ2) is 11.6. The summed E-state index contributed by atoms with van der Waals surface area (Å²) in [5.41, 5.74) is 4.42. The molecule has 8 heteroatoms. The van der Waals surface area contributed by atoms with E-state index in [4.69, 9.17) is 28.7 Å². The number of rotatable bonds is 6. The number of ether oxygens (including phenoxy) is 5. The molecular weight excluding hydrogens is 532 g/mol. The van der Waals surface area contributed by atoms with Crippen LogP contribution in [0.3, 0.4) is 0 Å². The van der Waals surface area contributed by atoms with Crippen molar-refractivity contribution in [2.45, 2.75) is 72.3 Å². The van der Waals surface area contributed by atoms with E-state index in [1.807, 2.05) is 38.1 Å². The van der Waals surface area contributed by atoms with Gasteiger partial charge in [0.2, 0.25) is 0 Å². The third-order valence-corrected chi connectivity index (χ3v) is 8.49. The highest BCUT2D eigenvalue weighted by Crippen LogP contribution is 2.45. The van der Waals surface area contributed by atoms with Crippen molar-refractivity contribution in [2.24, 2.45) is 11.3 Å². The fourth-order valence-electron chi connectivity index (χ4n) is 6.35. The number of aryl methyl sites for hydroxylation is 1. The lowest BCUT2D eigenvalue weighted by atomic mass is 9.82. The van der Waals surface area contributed by atoms with E-state index >= 15 is 0 Å². The molecule has 4 heterocycles. The van der Waals surface area contributed by atoms with Crippen molar-refractivity contribution in [3.63, 3.8) is 0 Å². The maximum Gasteiger partial charge on any atom is 0.186 e. The van der Waals surface area contributed by atoms with E-state index in [0.29, 0.717) is 60.8 Å². The number of carbonyl (C=O) groups is 1. The van der Waals surface area contributed by atoms with Crippen LogP contribution in [0.15, 0.2) is 30.3 Å². The first kappa shape index (κ1) is 28.6. The molecule has 1 unspecified atom stereocenters. The zero-order valence-corrected chi connectivity index (χ0v) is 25.5. The van der Waals surface area contributed by atoms with Gasteiger partial charge in [-0.05, 0) is 81.5 Å². The Labute approximate surface area is 248 Å². The minimum Gasteiger partial charge on any atom is -0.493 e. The highest BCUT2D eigenvalue weighted by molar-refractivity contribution is 5.98. The van der Waals surface area contributed by atoms with Gasteiger partial charge in [-0.3, -0.25) is 9.36 Å². The van der Waals surface area contributed by atoms with Gasteiger partial charge in [-0.25, -0.2) is 4.98 Å². The first-order chi connectivity index (χ1) is 20.3. The van der Waals surface area contributed by atoms with Gasteiger partial charge in [0.15, 0.2) is 28.8 Å². The van der Waals surface area contributed by atoms with E-state index in [0.717, 1.165) is 61.2 Å². The van der Waals surface area contributed by atoms with Crippen LogP contribution in [0.2, 0.25) is 0 Å². The molecule has 42 heavy (non-hydrogen) atoms. The van der Waals surface area contributed by atoms with Gasteiger partial charge in [-0.2, -0.15) is 0 Å². The minimum absolute atomic E-state index is 0.0253. The van der Waals surface area contributed by atoms with Crippen LogP contribution in [0.5, 0.6) is 23.0 Å². The second-order valence-electron chi connectivity index (χ2n) is 12.7. The van der Waals surface area contributed by atoms with Gasteiger partial charge in [0.25, 0.3) is 0 Å². The summed E-state index contributed by atoms with van der Waals surface area (Å²) < 4.78 is 32.0. The third kappa shape index (κ3) is 5.49. The Kier molecular flexibility index (Phi) is 7.92. The summed E-state index contributed by atoms with van der Waals surface area (Å²) in [6.45, 7) is 10.8. The zero-order valence-electron chi connectivity index (χ0n) is 25.5. The molecule has 0 N–H and O–H groups in total. The maximum atomic E-state index is 14.4. The summed E-state index contributed by atoms with van der Waals surface area (Å²) >= 11 is 0. The number of imidazole rings is 1. The number of fused-ring (bicyclic) bond motifs is 4. The van der Waals surface area contributed by atoms with Crippen LogP contribution in [0.1, 0.15) is 75.1 Å². The Morgan fingerprint density at radius 2 is 1.90 bits per heavy atom. The van der Waals surface area contributed by atoms with Crippen molar-refractivity contribution in [1.82, 2.24) is 9.55 Å². The number of benzene rings is 2. The zero-order chi connectivity index (χ0) is 29.4. The summed E-state index contributed by atoms with van der Waals surface area (Å²) in [4.78, 5) is 19.6. The van der Waals surface area contributed by atoms with Gasteiger partial charge in [0.1, 0.15) is 24.7 Å². The summed E-state index contributed by atoms with van der Waals surface area (Å²) in [7, 11) is 1.67. The van der Waals surface area contributed by atoms with Crippen molar-refractivity contribution >= 4 is 5.78 Å². The van der Waals surface area contributed by atoms with E-state index < -0.39 is 0 Å². The first-order valence-corrected chi connectivity index (χ1v) is 15.3. The molecule has 1 atom stereocenters. The van der Waals surface area contributed by atoms with Crippen LogP contribution in [-0.2, 0) is 17.6 Å². The lowest BCUT2D eigenvalue weighted by molar-refractivity contribution is 0.0606. The number of hydrogen-bond donors (Lipinski definition) is 0. The summed E-state index contributed by atoms with van der Waals surface area (Å²) in [6, 6.07) is 9.96. The van der Waals surface area contributed by atoms with Crippen molar-refractivity contribution in [3.8, 4) is 40.1 Å². The van der Waals surface area contributed by atoms with Crippen LogP contribution in [0.4, 0.5) is 0 Å². The molecule has 1 saturated heterocycles. The van der Waals surface area contributed by atoms with E-state index in [9.17, 15) is 4.79 Å². The standard InChI is InChI=1S/C34H42N2O6/c1-21(2)42-29-19-26-23(18-28(29)38-5)11-12-25-30(31(37)22-8-7-15-39-20-34(3,4)14-13-22)35-33(36(25)26)24-9-6-10-27-32(24)41-17-16-40-27/h6,9-10,18-19,21-22H,7-8,11-17,20H2,1-5H3. The third-order valence-electron chi connectivity index (χ3n) is 8.49. The Balaban J connectivity index is 1.51. The Bertz CT molecular complexity index is 1470. The minimum atomic E-state index is -0.0974. The predicted octanol–water partition coefficient (Wildman–Crippen LogP) is 6.62. The lowest BCUT2D eigenvalue weighted by Gasteiger charge is -2.26. The number of nitrogens with zero attached hydrogens (tertiary/aromatic N) is 2. The van der Waals surface area contributed by atoms with Crippen LogP contribution >= 0.6 is 0 Å². The van der Waals surface area contributed by atoms with E-state index in [1.54, 1.807) is 7.11 Å². The highest BCUT2D eigenvalue weighted by Gasteiger charge is 2.35. The summed E-state index contributed by atoms with van der Waals surface area (Å²) in [5, 5.41) is 0. The molecule has 6 rings (SSSR count). The molecule has 1 fully saturated rings. The number of hydrogen-bond acceptors (Lipinski definition) is 7. The molecule has 8 nitrogen and oxygen atoms in total. The van der Waals surface area contributed by atoms with Gasteiger partial charge < -0.3 is 23.7 Å². The molecule has 1 aromatic heterocycles. The summed E-state index contributed by atoms with van der Waals surface area (Å²) in [5.74, 6) is 3.44. The van der Waals surface area contributed by atoms with E-state index in [1.165, 1.54) is 0 Å². The molecular formula is C34H42N2O6. The van der Waals surface area contributed by atoms with Crippen molar-refractivity contribution in [1.29, 1.82) is 0 Å². The van der Waals surface area contributed by atoms with Gasteiger partial charge in [0.05, 0.1) is 36.8 Å². The predicted molar refractivity (Wildman–Crippen MR) is 161 cm³/mol. The number of carbonyl (C=O) groups excluding carboxylic acids is 1. The lowest BCUT2D eigenvalue weighted by Crippen LogP contribution is -2.23. The molecule has 0 bridgehead atoms. The fraction of sp³-hybridized carbons (Fsp3) is 0.529. The smallest absolute Gasteiger partial charge is 0.186 e. The number of ketones is 1. The molecule has 0 spiro atoms. The van der Waals surface area contributed by atoms with Crippen molar-refractivity contribution in [3.05, 3.63) is 47.3 Å². The number of methoxy groups -OCH3 is 1.